The summed E-state index contributed by atoms with van der Waals surface area (Å²) in [7, 11) is 0. The maximum absolute atomic E-state index is 5.93. The van der Waals surface area contributed by atoms with E-state index >= 15 is 0 Å². The third-order valence-electron chi connectivity index (χ3n) is 3.12. The van der Waals surface area contributed by atoms with Crippen molar-refractivity contribution in [1.82, 2.24) is 9.97 Å². The molecule has 0 radical (unpaired) electrons. The first-order valence-electron chi connectivity index (χ1n) is 6.58. The van der Waals surface area contributed by atoms with Gasteiger partial charge in [0.2, 0.25) is 0 Å². The average Bonchev–Trinajstić information content (AvgIpc) is 2.39. The summed E-state index contributed by atoms with van der Waals surface area (Å²) >= 11 is 0. The van der Waals surface area contributed by atoms with Crippen LogP contribution < -0.4 is 11.1 Å². The predicted molar refractivity (Wildman–Crippen MR) is 79.6 cm³/mol. The van der Waals surface area contributed by atoms with Crippen molar-refractivity contribution in [3.8, 4) is 0 Å². The fourth-order valence-electron chi connectivity index (χ4n) is 2.04. The summed E-state index contributed by atoms with van der Waals surface area (Å²) in [5, 5.41) is 3.31. The normalized spacial score (nSPS) is 10.7. The molecule has 1 heterocycles. The Morgan fingerprint density at radius 3 is 2.42 bits per heavy atom. The first-order valence-corrected chi connectivity index (χ1v) is 6.58. The van der Waals surface area contributed by atoms with Crippen molar-refractivity contribution < 1.29 is 0 Å². The summed E-state index contributed by atoms with van der Waals surface area (Å²) in [5.41, 5.74) is 9.22. The second kappa shape index (κ2) is 5.69. The third-order valence-corrected chi connectivity index (χ3v) is 3.12. The van der Waals surface area contributed by atoms with Crippen molar-refractivity contribution >= 4 is 17.3 Å². The van der Waals surface area contributed by atoms with Crippen LogP contribution in [0, 0.1) is 0 Å². The highest BCUT2D eigenvalue weighted by atomic mass is 15.0. The zero-order valence-corrected chi connectivity index (χ0v) is 11.6. The van der Waals surface area contributed by atoms with Crippen molar-refractivity contribution in [2.45, 2.75) is 33.1 Å². The third kappa shape index (κ3) is 3.02. The topological polar surface area (TPSA) is 63.8 Å². The van der Waals surface area contributed by atoms with E-state index in [4.69, 9.17) is 5.73 Å². The highest BCUT2D eigenvalue weighted by Gasteiger charge is 2.12. The van der Waals surface area contributed by atoms with Crippen LogP contribution in [0.5, 0.6) is 0 Å². The Bertz CT molecular complexity index is 547. The monoisotopic (exact) mass is 256 g/mol. The number of aryl methyl sites for hydroxylation is 1. The molecule has 1 aromatic carbocycles. The van der Waals surface area contributed by atoms with E-state index in [1.165, 1.54) is 11.9 Å². The van der Waals surface area contributed by atoms with Gasteiger partial charge in [0.25, 0.3) is 0 Å². The summed E-state index contributed by atoms with van der Waals surface area (Å²) < 4.78 is 0. The molecule has 2 aromatic rings. The molecule has 0 unspecified atom stereocenters. The summed E-state index contributed by atoms with van der Waals surface area (Å²) in [5.74, 6) is 1.60. The fraction of sp³-hybridized carbons (Fsp3) is 0.333. The molecule has 1 aromatic heterocycles. The van der Waals surface area contributed by atoms with Gasteiger partial charge in [-0.2, -0.15) is 0 Å². The Balaban J connectivity index is 2.29. The minimum atomic E-state index is 0.276. The predicted octanol–water partition coefficient (Wildman–Crippen LogP) is 3.49. The van der Waals surface area contributed by atoms with Crippen LogP contribution in [-0.4, -0.2) is 9.97 Å². The van der Waals surface area contributed by atoms with Gasteiger partial charge in [0, 0.05) is 11.3 Å². The molecule has 4 nitrogen and oxygen atoms in total. The van der Waals surface area contributed by atoms with E-state index < -0.39 is 0 Å². The van der Waals surface area contributed by atoms with Crippen molar-refractivity contribution in [2.75, 3.05) is 11.1 Å². The molecule has 2 rings (SSSR count). The van der Waals surface area contributed by atoms with Gasteiger partial charge >= 0.3 is 0 Å². The molecule has 0 saturated heterocycles. The Labute approximate surface area is 114 Å². The molecular weight excluding hydrogens is 236 g/mol. The van der Waals surface area contributed by atoms with Crippen LogP contribution >= 0.6 is 0 Å². The molecule has 0 atom stereocenters. The lowest BCUT2D eigenvalue weighted by Gasteiger charge is -2.15. The molecule has 0 spiro atoms. The van der Waals surface area contributed by atoms with E-state index in [0.29, 0.717) is 5.82 Å². The number of rotatable bonds is 4. The first kappa shape index (κ1) is 13.3. The highest BCUT2D eigenvalue weighted by Crippen LogP contribution is 2.28. The van der Waals surface area contributed by atoms with Gasteiger partial charge in [-0.15, -0.1) is 0 Å². The van der Waals surface area contributed by atoms with E-state index in [-0.39, 0.29) is 5.92 Å². The van der Waals surface area contributed by atoms with E-state index in [1.807, 2.05) is 0 Å². The second-order valence-corrected chi connectivity index (χ2v) is 4.85. The molecule has 0 amide bonds. The lowest BCUT2D eigenvalue weighted by atomic mass is 10.0. The number of hydrogen-bond acceptors (Lipinski definition) is 4. The Hall–Kier alpha value is -2.10. The SMILES string of the molecule is CCc1ccc(Nc2ncnc(N)c2C(C)C)cc1. The lowest BCUT2D eigenvalue weighted by Crippen LogP contribution is -2.06. The van der Waals surface area contributed by atoms with Crippen LogP contribution in [0.2, 0.25) is 0 Å². The number of nitrogens with zero attached hydrogens (tertiary/aromatic N) is 2. The molecule has 0 aliphatic heterocycles. The van der Waals surface area contributed by atoms with Crippen molar-refractivity contribution in [3.05, 3.63) is 41.7 Å². The minimum absolute atomic E-state index is 0.276. The number of nitrogens with two attached hydrogens (primary N) is 1. The van der Waals surface area contributed by atoms with Gasteiger partial charge < -0.3 is 11.1 Å². The van der Waals surface area contributed by atoms with Gasteiger partial charge in [-0.25, -0.2) is 9.97 Å². The summed E-state index contributed by atoms with van der Waals surface area (Å²) in [6.45, 7) is 6.31. The molecule has 0 fully saturated rings. The van der Waals surface area contributed by atoms with E-state index in [1.54, 1.807) is 0 Å². The van der Waals surface area contributed by atoms with Gasteiger partial charge in [0.1, 0.15) is 18.0 Å². The standard InChI is InChI=1S/C15H20N4/c1-4-11-5-7-12(8-6-11)19-15-13(10(2)3)14(16)17-9-18-15/h5-10H,4H2,1-3H3,(H3,16,17,18,19). The Morgan fingerprint density at radius 1 is 1.16 bits per heavy atom. The van der Waals surface area contributed by atoms with E-state index in [9.17, 15) is 0 Å². The van der Waals surface area contributed by atoms with Crippen LogP contribution in [0.4, 0.5) is 17.3 Å². The van der Waals surface area contributed by atoms with Crippen LogP contribution in [0.25, 0.3) is 0 Å². The number of nitrogens with one attached hydrogen (secondary N) is 1. The molecule has 100 valence electrons. The summed E-state index contributed by atoms with van der Waals surface area (Å²) in [4.78, 5) is 8.35. The van der Waals surface area contributed by atoms with Gasteiger partial charge in [-0.3, -0.25) is 0 Å². The lowest BCUT2D eigenvalue weighted by molar-refractivity contribution is 0.855. The number of benzene rings is 1. The number of anilines is 3. The van der Waals surface area contributed by atoms with Gasteiger partial charge in [0.15, 0.2) is 0 Å². The first-order chi connectivity index (χ1) is 9.11. The number of aromatic nitrogens is 2. The number of hydrogen-bond donors (Lipinski definition) is 2. The molecule has 19 heavy (non-hydrogen) atoms. The van der Waals surface area contributed by atoms with E-state index in [0.717, 1.165) is 23.5 Å². The molecule has 3 N–H and O–H groups in total. The second-order valence-electron chi connectivity index (χ2n) is 4.85. The van der Waals surface area contributed by atoms with Crippen LogP contribution in [-0.2, 0) is 6.42 Å². The van der Waals surface area contributed by atoms with Crippen LogP contribution in [0.15, 0.2) is 30.6 Å². The molecule has 4 heteroatoms. The quantitative estimate of drug-likeness (QED) is 0.879. The Kier molecular flexibility index (Phi) is 4.00. The molecule has 0 bridgehead atoms. The zero-order valence-electron chi connectivity index (χ0n) is 11.6. The van der Waals surface area contributed by atoms with Crippen molar-refractivity contribution in [3.63, 3.8) is 0 Å². The zero-order chi connectivity index (χ0) is 13.8. The van der Waals surface area contributed by atoms with E-state index in [2.05, 4.69) is 60.3 Å². The summed E-state index contributed by atoms with van der Waals surface area (Å²) in [6, 6.07) is 8.34. The maximum atomic E-state index is 5.93. The van der Waals surface area contributed by atoms with Gasteiger partial charge in [-0.05, 0) is 30.0 Å². The van der Waals surface area contributed by atoms with Crippen molar-refractivity contribution in [1.29, 1.82) is 0 Å². The smallest absolute Gasteiger partial charge is 0.139 e. The molecular formula is C15H20N4. The van der Waals surface area contributed by atoms with Crippen LogP contribution in [0.1, 0.15) is 37.8 Å². The number of nitrogen functional groups attached to an aromatic ring is 1. The van der Waals surface area contributed by atoms with Gasteiger partial charge in [-0.1, -0.05) is 32.9 Å². The molecule has 0 aliphatic rings. The summed E-state index contributed by atoms with van der Waals surface area (Å²) in [6.07, 6.45) is 2.53. The maximum Gasteiger partial charge on any atom is 0.139 e. The van der Waals surface area contributed by atoms with Crippen LogP contribution in [0.3, 0.4) is 0 Å². The molecule has 0 saturated carbocycles. The average molecular weight is 256 g/mol. The Morgan fingerprint density at radius 2 is 1.84 bits per heavy atom. The molecule has 0 aliphatic carbocycles. The fourth-order valence-corrected chi connectivity index (χ4v) is 2.04. The van der Waals surface area contributed by atoms with Gasteiger partial charge in [0.05, 0.1) is 0 Å². The van der Waals surface area contributed by atoms with Crippen molar-refractivity contribution in [2.24, 2.45) is 0 Å². The minimum Gasteiger partial charge on any atom is -0.383 e. The largest absolute Gasteiger partial charge is 0.383 e. The highest BCUT2D eigenvalue weighted by molar-refractivity contribution is 5.64.